The Morgan fingerprint density at radius 3 is 2.36 bits per heavy atom. The number of carbonyl (C=O) groups is 1. The zero-order chi connectivity index (χ0) is 18.1. The third-order valence-corrected chi connectivity index (χ3v) is 3.53. The van der Waals surface area contributed by atoms with Crippen molar-refractivity contribution >= 4 is 5.91 Å². The normalized spacial score (nSPS) is 10.4. The van der Waals surface area contributed by atoms with Gasteiger partial charge in [-0.1, -0.05) is 32.0 Å². The lowest BCUT2D eigenvalue weighted by atomic mass is 10.1. The van der Waals surface area contributed by atoms with Gasteiger partial charge in [-0.15, -0.1) is 0 Å². The molecule has 2 aromatic rings. The molecule has 5 heteroatoms. The first kappa shape index (κ1) is 18.8. The Balaban J connectivity index is 2.08. The van der Waals surface area contributed by atoms with Gasteiger partial charge in [0, 0.05) is 17.7 Å². The van der Waals surface area contributed by atoms with Crippen LogP contribution in [0, 0.1) is 5.82 Å². The first-order chi connectivity index (χ1) is 12.2. The van der Waals surface area contributed by atoms with Gasteiger partial charge in [-0.05, 0) is 37.1 Å². The van der Waals surface area contributed by atoms with Crippen LogP contribution in [-0.2, 0) is 6.54 Å². The molecule has 0 aliphatic heterocycles. The summed E-state index contributed by atoms with van der Waals surface area (Å²) in [7, 11) is 0. The second kappa shape index (κ2) is 9.67. The van der Waals surface area contributed by atoms with Crippen molar-refractivity contribution in [1.29, 1.82) is 0 Å². The van der Waals surface area contributed by atoms with Crippen LogP contribution in [0.5, 0.6) is 11.5 Å². The molecule has 0 bridgehead atoms. The molecule has 0 heterocycles. The minimum atomic E-state index is -0.335. The van der Waals surface area contributed by atoms with Gasteiger partial charge in [0.05, 0.1) is 13.2 Å². The number of nitrogens with one attached hydrogen (secondary N) is 1. The highest BCUT2D eigenvalue weighted by Crippen LogP contribution is 2.29. The smallest absolute Gasteiger partial charge is 0.251 e. The number of ether oxygens (including phenoxy) is 2. The van der Waals surface area contributed by atoms with Crippen LogP contribution in [0.4, 0.5) is 4.39 Å². The van der Waals surface area contributed by atoms with Crippen molar-refractivity contribution < 1.29 is 18.7 Å². The molecule has 0 aliphatic rings. The molecule has 1 N–H and O–H groups in total. The molecule has 2 rings (SSSR count). The van der Waals surface area contributed by atoms with Crippen LogP contribution in [0.2, 0.25) is 0 Å². The summed E-state index contributed by atoms with van der Waals surface area (Å²) in [5.41, 5.74) is 0.896. The van der Waals surface area contributed by atoms with E-state index in [2.05, 4.69) is 5.32 Å². The molecule has 0 atom stereocenters. The van der Waals surface area contributed by atoms with Crippen molar-refractivity contribution in [2.75, 3.05) is 13.2 Å². The second-order valence-corrected chi connectivity index (χ2v) is 5.63. The van der Waals surface area contributed by atoms with E-state index in [1.807, 2.05) is 13.8 Å². The lowest BCUT2D eigenvalue weighted by molar-refractivity contribution is 0.0950. The zero-order valence-electron chi connectivity index (χ0n) is 14.7. The minimum absolute atomic E-state index is 0.130. The fourth-order valence-electron chi connectivity index (χ4n) is 2.22. The van der Waals surface area contributed by atoms with Gasteiger partial charge in [0.25, 0.3) is 5.91 Å². The fraction of sp³-hybridized carbons (Fsp3) is 0.350. The summed E-state index contributed by atoms with van der Waals surface area (Å²) in [6.07, 6.45) is 1.75. The molecule has 0 saturated carbocycles. The van der Waals surface area contributed by atoms with Crippen LogP contribution in [0.3, 0.4) is 0 Å². The molecule has 0 saturated heterocycles. The van der Waals surface area contributed by atoms with E-state index < -0.39 is 0 Å². The van der Waals surface area contributed by atoms with Gasteiger partial charge in [0.15, 0.2) is 11.5 Å². The highest BCUT2D eigenvalue weighted by atomic mass is 19.1. The monoisotopic (exact) mass is 345 g/mol. The van der Waals surface area contributed by atoms with Gasteiger partial charge < -0.3 is 14.8 Å². The number of hydrogen-bond acceptors (Lipinski definition) is 3. The molecule has 0 aliphatic carbocycles. The Hall–Kier alpha value is -2.56. The van der Waals surface area contributed by atoms with Crippen molar-refractivity contribution in [1.82, 2.24) is 5.32 Å². The molecular formula is C20H24FNO3. The van der Waals surface area contributed by atoms with Gasteiger partial charge in [0.1, 0.15) is 5.82 Å². The second-order valence-electron chi connectivity index (χ2n) is 5.63. The molecule has 1 amide bonds. The minimum Gasteiger partial charge on any atom is -0.490 e. The predicted molar refractivity (Wildman–Crippen MR) is 95.6 cm³/mol. The van der Waals surface area contributed by atoms with Crippen molar-refractivity contribution in [3.05, 3.63) is 59.4 Å². The van der Waals surface area contributed by atoms with Crippen LogP contribution in [0.25, 0.3) is 0 Å². The summed E-state index contributed by atoms with van der Waals surface area (Å²) in [6.45, 7) is 5.30. The molecule has 0 fully saturated rings. The summed E-state index contributed by atoms with van der Waals surface area (Å²) in [5, 5.41) is 2.73. The van der Waals surface area contributed by atoms with E-state index in [0.717, 1.165) is 12.8 Å². The Kier molecular flexibility index (Phi) is 7.26. The summed E-state index contributed by atoms with van der Waals surface area (Å²) in [4.78, 5) is 12.4. The van der Waals surface area contributed by atoms with Gasteiger partial charge in [-0.25, -0.2) is 4.39 Å². The third-order valence-electron chi connectivity index (χ3n) is 3.53. The van der Waals surface area contributed by atoms with Gasteiger partial charge in [-0.3, -0.25) is 4.79 Å². The summed E-state index contributed by atoms with van der Waals surface area (Å²) in [6, 6.07) is 11.5. The Bertz CT molecular complexity index is 703. The molecular weight excluding hydrogens is 321 g/mol. The van der Waals surface area contributed by atoms with Crippen LogP contribution in [0.1, 0.15) is 42.6 Å². The van der Waals surface area contributed by atoms with Crippen LogP contribution in [-0.4, -0.2) is 19.1 Å². The van der Waals surface area contributed by atoms with Crippen LogP contribution in [0.15, 0.2) is 42.5 Å². The van der Waals surface area contributed by atoms with E-state index in [1.165, 1.54) is 6.07 Å². The van der Waals surface area contributed by atoms with Crippen molar-refractivity contribution in [3.63, 3.8) is 0 Å². The van der Waals surface area contributed by atoms with Gasteiger partial charge in [-0.2, -0.15) is 0 Å². The standard InChI is InChI=1S/C20H24FNO3/c1-3-11-24-18-10-9-15(13-19(18)25-12-4-2)20(23)22-14-16-7-5-6-8-17(16)21/h5-10,13H,3-4,11-12,14H2,1-2H3,(H,22,23). The van der Waals surface area contributed by atoms with Crippen molar-refractivity contribution in [2.24, 2.45) is 0 Å². The summed E-state index contributed by atoms with van der Waals surface area (Å²) < 4.78 is 25.0. The summed E-state index contributed by atoms with van der Waals surface area (Å²) >= 11 is 0. The van der Waals surface area contributed by atoms with Crippen molar-refractivity contribution in [2.45, 2.75) is 33.2 Å². The number of halogens is 1. The molecule has 0 aromatic heterocycles. The number of amides is 1. The maximum absolute atomic E-state index is 13.6. The SMILES string of the molecule is CCCOc1ccc(C(=O)NCc2ccccc2F)cc1OCCC. The number of hydrogen-bond donors (Lipinski definition) is 1. The van der Waals surface area contributed by atoms with Crippen LogP contribution >= 0.6 is 0 Å². The number of rotatable bonds is 9. The maximum atomic E-state index is 13.6. The first-order valence-corrected chi connectivity index (χ1v) is 8.57. The average molecular weight is 345 g/mol. The van der Waals surface area contributed by atoms with E-state index in [9.17, 15) is 9.18 Å². The zero-order valence-corrected chi connectivity index (χ0v) is 14.7. The predicted octanol–water partition coefficient (Wildman–Crippen LogP) is 4.33. The van der Waals surface area contributed by atoms with Crippen molar-refractivity contribution in [3.8, 4) is 11.5 Å². The quantitative estimate of drug-likeness (QED) is 0.736. The third kappa shape index (κ3) is 5.48. The van der Waals surface area contributed by atoms with E-state index in [-0.39, 0.29) is 18.3 Å². The maximum Gasteiger partial charge on any atom is 0.251 e. The molecule has 2 aromatic carbocycles. The molecule has 0 unspecified atom stereocenters. The molecule has 134 valence electrons. The van der Waals surface area contributed by atoms with E-state index in [4.69, 9.17) is 9.47 Å². The number of benzene rings is 2. The van der Waals surface area contributed by atoms with Crippen LogP contribution < -0.4 is 14.8 Å². The highest BCUT2D eigenvalue weighted by molar-refractivity contribution is 5.94. The fourth-order valence-corrected chi connectivity index (χ4v) is 2.22. The van der Waals surface area contributed by atoms with Gasteiger partial charge >= 0.3 is 0 Å². The average Bonchev–Trinajstić information content (AvgIpc) is 2.64. The highest BCUT2D eigenvalue weighted by Gasteiger charge is 2.12. The van der Waals surface area contributed by atoms with E-state index in [1.54, 1.807) is 36.4 Å². The Morgan fingerprint density at radius 1 is 1.00 bits per heavy atom. The Morgan fingerprint density at radius 2 is 1.68 bits per heavy atom. The first-order valence-electron chi connectivity index (χ1n) is 8.57. The lowest BCUT2D eigenvalue weighted by Gasteiger charge is -2.13. The van der Waals surface area contributed by atoms with Gasteiger partial charge in [0.2, 0.25) is 0 Å². The largest absolute Gasteiger partial charge is 0.490 e. The molecule has 4 nitrogen and oxygen atoms in total. The van der Waals surface area contributed by atoms with E-state index >= 15 is 0 Å². The Labute approximate surface area is 148 Å². The topological polar surface area (TPSA) is 47.6 Å². The van der Waals surface area contributed by atoms with E-state index in [0.29, 0.717) is 35.8 Å². The molecule has 0 radical (unpaired) electrons. The number of carbonyl (C=O) groups excluding carboxylic acids is 1. The summed E-state index contributed by atoms with van der Waals surface area (Å²) in [5.74, 6) is 0.555. The lowest BCUT2D eigenvalue weighted by Crippen LogP contribution is -2.23. The molecule has 25 heavy (non-hydrogen) atoms. The molecule has 0 spiro atoms.